The molecule has 1 fully saturated rings. The van der Waals surface area contributed by atoms with Crippen LogP contribution in [0.4, 0.5) is 4.79 Å². The Morgan fingerprint density at radius 1 is 1.19 bits per heavy atom. The van der Waals surface area contributed by atoms with E-state index in [9.17, 15) is 13.2 Å². The molecule has 0 N–H and O–H groups in total. The minimum Gasteiger partial charge on any atom is -0.453 e. The van der Waals surface area contributed by atoms with Gasteiger partial charge in [-0.3, -0.25) is 0 Å². The van der Waals surface area contributed by atoms with Gasteiger partial charge in [0.1, 0.15) is 0 Å². The van der Waals surface area contributed by atoms with Crippen LogP contribution in [-0.4, -0.2) is 57.0 Å². The molecule has 6 nitrogen and oxygen atoms in total. The molecule has 7 heteroatoms. The van der Waals surface area contributed by atoms with Crippen molar-refractivity contribution in [3.8, 4) is 0 Å². The standard InChI is InChI=1S/C14H20N2O4S/c1-12-5-3-6-13(11-12)21(18,19)16-8-4-7-15(9-10-16)14(17)20-2/h3,5-6,11H,4,7-10H2,1-2H3. The number of benzene rings is 1. The van der Waals surface area contributed by atoms with E-state index in [1.54, 1.807) is 18.2 Å². The zero-order valence-corrected chi connectivity index (χ0v) is 13.1. The minimum absolute atomic E-state index is 0.283. The predicted molar refractivity (Wildman–Crippen MR) is 78.5 cm³/mol. The molecule has 116 valence electrons. The Labute approximate surface area is 125 Å². The molecule has 0 aliphatic carbocycles. The van der Waals surface area contributed by atoms with Crippen molar-refractivity contribution in [2.24, 2.45) is 0 Å². The van der Waals surface area contributed by atoms with Crippen LogP contribution in [0.25, 0.3) is 0 Å². The Balaban J connectivity index is 2.16. The van der Waals surface area contributed by atoms with E-state index in [-0.39, 0.29) is 6.54 Å². The van der Waals surface area contributed by atoms with E-state index in [2.05, 4.69) is 4.74 Å². The Morgan fingerprint density at radius 2 is 1.95 bits per heavy atom. The number of amides is 1. The summed E-state index contributed by atoms with van der Waals surface area (Å²) in [7, 11) is -2.18. The van der Waals surface area contributed by atoms with Crippen molar-refractivity contribution in [3.63, 3.8) is 0 Å². The maximum absolute atomic E-state index is 12.6. The van der Waals surface area contributed by atoms with Gasteiger partial charge in [0.05, 0.1) is 12.0 Å². The van der Waals surface area contributed by atoms with Crippen molar-refractivity contribution in [2.75, 3.05) is 33.3 Å². The lowest BCUT2D eigenvalue weighted by molar-refractivity contribution is 0.126. The molecule has 1 aromatic carbocycles. The van der Waals surface area contributed by atoms with Gasteiger partial charge in [-0.25, -0.2) is 13.2 Å². The minimum atomic E-state index is -3.51. The highest BCUT2D eigenvalue weighted by Gasteiger charge is 2.28. The maximum atomic E-state index is 12.6. The number of nitrogens with zero attached hydrogens (tertiary/aromatic N) is 2. The summed E-state index contributed by atoms with van der Waals surface area (Å²) in [5, 5.41) is 0. The average Bonchev–Trinajstić information content (AvgIpc) is 2.72. The molecule has 0 aromatic heterocycles. The Morgan fingerprint density at radius 3 is 2.62 bits per heavy atom. The van der Waals surface area contributed by atoms with E-state index in [1.165, 1.54) is 16.3 Å². The summed E-state index contributed by atoms with van der Waals surface area (Å²) in [6.07, 6.45) is 0.185. The molecule has 1 heterocycles. The van der Waals surface area contributed by atoms with Gasteiger partial charge < -0.3 is 9.64 Å². The quantitative estimate of drug-likeness (QED) is 0.829. The third-order valence-corrected chi connectivity index (χ3v) is 5.41. The highest BCUT2D eigenvalue weighted by Crippen LogP contribution is 2.18. The Bertz CT molecular complexity index is 615. The number of carbonyl (C=O) groups is 1. The highest BCUT2D eigenvalue weighted by molar-refractivity contribution is 7.89. The van der Waals surface area contributed by atoms with Gasteiger partial charge >= 0.3 is 6.09 Å². The molecule has 0 saturated carbocycles. The van der Waals surface area contributed by atoms with E-state index >= 15 is 0 Å². The van der Waals surface area contributed by atoms with Gasteiger partial charge in [0.15, 0.2) is 0 Å². The SMILES string of the molecule is COC(=O)N1CCCN(S(=O)(=O)c2cccc(C)c2)CC1. The first-order valence-electron chi connectivity index (χ1n) is 6.85. The highest BCUT2D eigenvalue weighted by atomic mass is 32.2. The second-order valence-corrected chi connectivity index (χ2v) is 6.97. The smallest absolute Gasteiger partial charge is 0.409 e. The fourth-order valence-corrected chi connectivity index (χ4v) is 3.95. The zero-order valence-electron chi connectivity index (χ0n) is 12.3. The maximum Gasteiger partial charge on any atom is 0.409 e. The van der Waals surface area contributed by atoms with Gasteiger partial charge in [0.25, 0.3) is 0 Å². The van der Waals surface area contributed by atoms with Crippen LogP contribution in [-0.2, 0) is 14.8 Å². The lowest BCUT2D eigenvalue weighted by Gasteiger charge is -2.21. The van der Waals surface area contributed by atoms with Gasteiger partial charge in [-0.1, -0.05) is 12.1 Å². The molecular weight excluding hydrogens is 292 g/mol. The number of carbonyl (C=O) groups excluding carboxylic acids is 1. The number of sulfonamides is 1. The van der Waals surface area contributed by atoms with Crippen LogP contribution in [0.2, 0.25) is 0 Å². The van der Waals surface area contributed by atoms with Crippen molar-refractivity contribution < 1.29 is 17.9 Å². The lowest BCUT2D eigenvalue weighted by Crippen LogP contribution is -2.37. The third kappa shape index (κ3) is 3.54. The fraction of sp³-hybridized carbons (Fsp3) is 0.500. The molecule has 1 aliphatic heterocycles. The molecule has 21 heavy (non-hydrogen) atoms. The number of ether oxygens (including phenoxy) is 1. The van der Waals surface area contributed by atoms with Gasteiger partial charge in [-0.2, -0.15) is 4.31 Å². The van der Waals surface area contributed by atoms with Crippen molar-refractivity contribution in [1.82, 2.24) is 9.21 Å². The molecule has 1 aliphatic rings. The normalized spacial score (nSPS) is 17.3. The summed E-state index contributed by atoms with van der Waals surface area (Å²) < 4.78 is 31.4. The van der Waals surface area contributed by atoms with Crippen LogP contribution in [0, 0.1) is 6.92 Å². The molecule has 1 amide bonds. The number of aryl methyl sites for hydroxylation is 1. The van der Waals surface area contributed by atoms with Crippen molar-refractivity contribution in [3.05, 3.63) is 29.8 Å². The van der Waals surface area contributed by atoms with Gasteiger partial charge in [-0.05, 0) is 31.0 Å². The number of hydrogen-bond donors (Lipinski definition) is 0. The molecule has 1 saturated heterocycles. The van der Waals surface area contributed by atoms with Crippen molar-refractivity contribution in [2.45, 2.75) is 18.2 Å². The zero-order chi connectivity index (χ0) is 15.5. The summed E-state index contributed by atoms with van der Waals surface area (Å²) in [5.74, 6) is 0. The van der Waals surface area contributed by atoms with Crippen LogP contribution < -0.4 is 0 Å². The predicted octanol–water partition coefficient (Wildman–Crippen LogP) is 1.46. The van der Waals surface area contributed by atoms with Gasteiger partial charge in [0, 0.05) is 26.2 Å². The van der Waals surface area contributed by atoms with Crippen LogP contribution in [0.15, 0.2) is 29.2 Å². The van der Waals surface area contributed by atoms with Crippen molar-refractivity contribution in [1.29, 1.82) is 0 Å². The van der Waals surface area contributed by atoms with Crippen LogP contribution >= 0.6 is 0 Å². The van der Waals surface area contributed by atoms with Crippen LogP contribution in [0.1, 0.15) is 12.0 Å². The monoisotopic (exact) mass is 312 g/mol. The Kier molecular flexibility index (Phi) is 4.84. The molecule has 0 atom stereocenters. The molecule has 0 spiro atoms. The number of rotatable bonds is 2. The molecule has 0 radical (unpaired) electrons. The summed E-state index contributed by atoms with van der Waals surface area (Å²) >= 11 is 0. The summed E-state index contributed by atoms with van der Waals surface area (Å²) in [6, 6.07) is 6.87. The molecule has 0 bridgehead atoms. The first kappa shape index (κ1) is 15.8. The first-order valence-corrected chi connectivity index (χ1v) is 8.29. The lowest BCUT2D eigenvalue weighted by atomic mass is 10.2. The first-order chi connectivity index (χ1) is 9.95. The van der Waals surface area contributed by atoms with Crippen LogP contribution in [0.3, 0.4) is 0 Å². The molecule has 1 aromatic rings. The van der Waals surface area contributed by atoms with E-state index < -0.39 is 16.1 Å². The second-order valence-electron chi connectivity index (χ2n) is 5.03. The second kappa shape index (κ2) is 6.44. The van der Waals surface area contributed by atoms with Gasteiger partial charge in [-0.15, -0.1) is 0 Å². The molecular formula is C14H20N2O4S. The topological polar surface area (TPSA) is 66.9 Å². The van der Waals surface area contributed by atoms with E-state index in [1.807, 2.05) is 13.0 Å². The summed E-state index contributed by atoms with van der Waals surface area (Å²) in [6.45, 7) is 3.40. The fourth-order valence-electron chi connectivity index (χ4n) is 2.37. The summed E-state index contributed by atoms with van der Waals surface area (Å²) in [5.41, 5.74) is 0.905. The van der Waals surface area contributed by atoms with E-state index in [0.29, 0.717) is 31.0 Å². The molecule has 2 rings (SSSR count). The number of hydrogen-bond acceptors (Lipinski definition) is 4. The summed E-state index contributed by atoms with van der Waals surface area (Å²) in [4.78, 5) is 13.4. The third-order valence-electron chi connectivity index (χ3n) is 3.51. The van der Waals surface area contributed by atoms with E-state index in [4.69, 9.17) is 0 Å². The number of methoxy groups -OCH3 is 1. The average molecular weight is 312 g/mol. The van der Waals surface area contributed by atoms with Crippen LogP contribution in [0.5, 0.6) is 0 Å². The van der Waals surface area contributed by atoms with Crippen molar-refractivity contribution >= 4 is 16.1 Å². The van der Waals surface area contributed by atoms with E-state index in [0.717, 1.165) is 5.56 Å². The Hall–Kier alpha value is -1.60. The largest absolute Gasteiger partial charge is 0.453 e. The van der Waals surface area contributed by atoms with Gasteiger partial charge in [0.2, 0.25) is 10.0 Å². The molecule has 0 unspecified atom stereocenters.